The highest BCUT2D eigenvalue weighted by Crippen LogP contribution is 2.35. The van der Waals surface area contributed by atoms with Crippen molar-refractivity contribution < 1.29 is 4.74 Å². The molecule has 0 aromatic carbocycles. The predicted octanol–water partition coefficient (Wildman–Crippen LogP) is 4.03. The number of hydrogen-bond donors (Lipinski definition) is 1. The van der Waals surface area contributed by atoms with E-state index in [1.54, 1.807) is 7.11 Å². The predicted molar refractivity (Wildman–Crippen MR) is 79.3 cm³/mol. The second kappa shape index (κ2) is 5.79. The molecule has 0 spiro atoms. The molecule has 1 N–H and O–H groups in total. The molecule has 0 aromatic heterocycles. The zero-order chi connectivity index (χ0) is 13.1. The average Bonchev–Trinajstić information content (AvgIpc) is 2.37. The Kier molecular flexibility index (Phi) is 4.33. The second-order valence-electron chi connectivity index (χ2n) is 4.88. The molecule has 0 aromatic rings. The van der Waals surface area contributed by atoms with Gasteiger partial charge in [0.15, 0.2) is 0 Å². The highest BCUT2D eigenvalue weighted by atomic mass is 79.9. The van der Waals surface area contributed by atoms with Gasteiger partial charge in [0.1, 0.15) is 0 Å². The van der Waals surface area contributed by atoms with Crippen molar-refractivity contribution >= 4 is 15.9 Å². The molecule has 98 valence electrons. The van der Waals surface area contributed by atoms with Crippen molar-refractivity contribution in [1.29, 1.82) is 0 Å². The van der Waals surface area contributed by atoms with E-state index in [4.69, 9.17) is 4.74 Å². The first kappa shape index (κ1) is 13.5. The third kappa shape index (κ3) is 2.72. The number of allylic oxidation sites excluding steroid dienone is 5. The molecular weight excluding hydrogens is 290 g/mol. The lowest BCUT2D eigenvalue weighted by molar-refractivity contribution is 0.227. The van der Waals surface area contributed by atoms with E-state index in [0.717, 1.165) is 36.0 Å². The summed E-state index contributed by atoms with van der Waals surface area (Å²) in [5, 5.41) is 3.39. The summed E-state index contributed by atoms with van der Waals surface area (Å²) in [6.07, 6.45) is 7.35. The number of ether oxygens (including phenoxy) is 1. The topological polar surface area (TPSA) is 21.3 Å². The van der Waals surface area contributed by atoms with Crippen LogP contribution in [0.3, 0.4) is 0 Å². The normalized spacial score (nSPS) is 23.3. The molecule has 3 heteroatoms. The van der Waals surface area contributed by atoms with Crippen LogP contribution in [-0.2, 0) is 4.74 Å². The van der Waals surface area contributed by atoms with Crippen molar-refractivity contribution in [2.45, 2.75) is 26.2 Å². The van der Waals surface area contributed by atoms with E-state index in [0.29, 0.717) is 5.92 Å². The Balaban J connectivity index is 1.98. The quantitative estimate of drug-likeness (QED) is 0.774. The van der Waals surface area contributed by atoms with Crippen LogP contribution in [0.2, 0.25) is 0 Å². The van der Waals surface area contributed by atoms with Crippen molar-refractivity contribution in [3.05, 3.63) is 45.8 Å². The maximum absolute atomic E-state index is 5.53. The summed E-state index contributed by atoms with van der Waals surface area (Å²) < 4.78 is 6.64. The first-order chi connectivity index (χ1) is 8.65. The highest BCUT2D eigenvalue weighted by molar-refractivity contribution is 9.11. The van der Waals surface area contributed by atoms with Crippen LogP contribution in [-0.4, -0.2) is 13.7 Å². The van der Waals surface area contributed by atoms with Crippen LogP contribution in [0.15, 0.2) is 45.8 Å². The first-order valence-electron chi connectivity index (χ1n) is 6.35. The second-order valence-corrected chi connectivity index (χ2v) is 5.73. The van der Waals surface area contributed by atoms with Gasteiger partial charge < -0.3 is 10.1 Å². The molecule has 1 unspecified atom stereocenters. The number of halogens is 1. The highest BCUT2D eigenvalue weighted by Gasteiger charge is 2.27. The molecule has 1 atom stereocenters. The molecule has 18 heavy (non-hydrogen) atoms. The fourth-order valence-electron chi connectivity index (χ4n) is 2.45. The van der Waals surface area contributed by atoms with E-state index in [9.17, 15) is 0 Å². The van der Waals surface area contributed by atoms with Crippen LogP contribution in [0.4, 0.5) is 0 Å². The lowest BCUT2D eigenvalue weighted by Crippen LogP contribution is -2.34. The van der Waals surface area contributed by atoms with Gasteiger partial charge in [-0.15, -0.1) is 0 Å². The monoisotopic (exact) mass is 309 g/mol. The van der Waals surface area contributed by atoms with Gasteiger partial charge in [0, 0.05) is 22.6 Å². The van der Waals surface area contributed by atoms with Crippen molar-refractivity contribution in [3.8, 4) is 0 Å². The van der Waals surface area contributed by atoms with Gasteiger partial charge in [-0.1, -0.05) is 34.2 Å². The van der Waals surface area contributed by atoms with Gasteiger partial charge in [-0.3, -0.25) is 0 Å². The first-order valence-corrected chi connectivity index (χ1v) is 7.14. The summed E-state index contributed by atoms with van der Waals surface area (Å²) in [7, 11) is 1.78. The third-order valence-corrected chi connectivity index (χ3v) is 4.74. The van der Waals surface area contributed by atoms with E-state index in [-0.39, 0.29) is 0 Å². The van der Waals surface area contributed by atoms with Crippen LogP contribution in [0.5, 0.6) is 0 Å². The fourth-order valence-corrected chi connectivity index (χ4v) is 2.65. The molecule has 0 saturated carbocycles. The van der Waals surface area contributed by atoms with Gasteiger partial charge in [-0.2, -0.15) is 0 Å². The van der Waals surface area contributed by atoms with E-state index < -0.39 is 0 Å². The zero-order valence-electron chi connectivity index (χ0n) is 11.1. The standard InChI is InChI=1S/C15H20BrNO/c1-4-13(16)10(2)5-6-11-7-14-12(9-17-14)8-15(11)18-3/h4,8,11,17H,1,5-7,9H2,2-3H3/b13-10-. The molecule has 2 rings (SSSR count). The van der Waals surface area contributed by atoms with Gasteiger partial charge in [0.25, 0.3) is 0 Å². The summed E-state index contributed by atoms with van der Waals surface area (Å²) in [4.78, 5) is 0. The molecule has 0 fully saturated rings. The van der Waals surface area contributed by atoms with E-state index in [1.165, 1.54) is 16.8 Å². The molecule has 1 heterocycles. The molecule has 0 radical (unpaired) electrons. The molecule has 0 bridgehead atoms. The Morgan fingerprint density at radius 3 is 3.00 bits per heavy atom. The molecule has 1 aliphatic carbocycles. The van der Waals surface area contributed by atoms with Crippen molar-refractivity contribution in [3.63, 3.8) is 0 Å². The van der Waals surface area contributed by atoms with Crippen molar-refractivity contribution in [2.24, 2.45) is 5.92 Å². The number of rotatable bonds is 5. The average molecular weight is 310 g/mol. The fraction of sp³-hybridized carbons (Fsp3) is 0.467. The Hall–Kier alpha value is -0.960. The summed E-state index contributed by atoms with van der Waals surface area (Å²) in [5.41, 5.74) is 4.18. The summed E-state index contributed by atoms with van der Waals surface area (Å²) in [6, 6.07) is 0. The van der Waals surface area contributed by atoms with Crippen molar-refractivity contribution in [2.75, 3.05) is 13.7 Å². The van der Waals surface area contributed by atoms with Gasteiger partial charge in [-0.05, 0) is 37.8 Å². The Morgan fingerprint density at radius 2 is 2.44 bits per heavy atom. The van der Waals surface area contributed by atoms with Crippen LogP contribution in [0.1, 0.15) is 26.2 Å². The Labute approximate surface area is 118 Å². The lowest BCUT2D eigenvalue weighted by atomic mass is 9.84. The van der Waals surface area contributed by atoms with Crippen LogP contribution < -0.4 is 5.32 Å². The third-order valence-electron chi connectivity index (χ3n) is 3.74. The Morgan fingerprint density at radius 1 is 1.67 bits per heavy atom. The smallest absolute Gasteiger partial charge is 0.0994 e. The molecule has 0 saturated heterocycles. The van der Waals surface area contributed by atoms with Crippen LogP contribution in [0.25, 0.3) is 0 Å². The van der Waals surface area contributed by atoms with Crippen LogP contribution >= 0.6 is 15.9 Å². The van der Waals surface area contributed by atoms with E-state index in [1.807, 2.05) is 6.08 Å². The molecular formula is C15H20BrNO. The van der Waals surface area contributed by atoms with Gasteiger partial charge in [0.05, 0.1) is 12.9 Å². The van der Waals surface area contributed by atoms with E-state index >= 15 is 0 Å². The molecule has 0 amide bonds. The maximum atomic E-state index is 5.53. The van der Waals surface area contributed by atoms with E-state index in [2.05, 4.69) is 40.8 Å². The zero-order valence-corrected chi connectivity index (χ0v) is 12.6. The maximum Gasteiger partial charge on any atom is 0.0994 e. The van der Waals surface area contributed by atoms with Gasteiger partial charge >= 0.3 is 0 Å². The molecule has 2 nitrogen and oxygen atoms in total. The minimum Gasteiger partial charge on any atom is -0.501 e. The summed E-state index contributed by atoms with van der Waals surface area (Å²) >= 11 is 3.53. The minimum atomic E-state index is 0.501. The SMILES string of the molecule is C=C/C(Br)=C(\C)CCC1CC2=C(C=C1OC)CN2. The van der Waals surface area contributed by atoms with Gasteiger partial charge in [-0.25, -0.2) is 0 Å². The summed E-state index contributed by atoms with van der Waals surface area (Å²) in [5.74, 6) is 1.64. The van der Waals surface area contributed by atoms with Crippen LogP contribution in [0, 0.1) is 5.92 Å². The minimum absolute atomic E-state index is 0.501. The number of methoxy groups -OCH3 is 1. The molecule has 2 aliphatic rings. The largest absolute Gasteiger partial charge is 0.501 e. The van der Waals surface area contributed by atoms with Gasteiger partial charge in [0.2, 0.25) is 0 Å². The van der Waals surface area contributed by atoms with Crippen molar-refractivity contribution in [1.82, 2.24) is 5.32 Å². The summed E-state index contributed by atoms with van der Waals surface area (Å²) in [6.45, 7) is 6.93. The lowest BCUT2D eigenvalue weighted by Gasteiger charge is -2.33. The number of hydrogen-bond acceptors (Lipinski definition) is 2. The Bertz CT molecular complexity index is 445. The number of nitrogens with one attached hydrogen (secondary N) is 1. The molecule has 1 aliphatic heterocycles.